The number of pyridine rings is 1. The number of benzene rings is 2. The molecule has 390 valence electrons. The normalized spacial score (nSPS) is 20.6. The fourth-order valence-electron chi connectivity index (χ4n) is 10.9. The van der Waals surface area contributed by atoms with Gasteiger partial charge in [-0.25, -0.2) is 10.2 Å². The molecule has 4 aromatic rings. The molecule has 5 amide bonds. The molecule has 16 nitrogen and oxygen atoms in total. The summed E-state index contributed by atoms with van der Waals surface area (Å²) in [6.07, 6.45) is 4.01. The van der Waals surface area contributed by atoms with Crippen LogP contribution in [0.15, 0.2) is 60.8 Å². The summed E-state index contributed by atoms with van der Waals surface area (Å²) in [4.78, 5) is 82.8. The van der Waals surface area contributed by atoms with E-state index in [9.17, 15) is 24.0 Å². The molecule has 2 aromatic heterocycles. The lowest BCUT2D eigenvalue weighted by atomic mass is 9.77. The van der Waals surface area contributed by atoms with Gasteiger partial charge in [0.2, 0.25) is 5.91 Å². The largest absolute Gasteiger partial charge is 0.464 e. The summed E-state index contributed by atoms with van der Waals surface area (Å²) in [6, 6.07) is 15.5. The Balaban J connectivity index is 1.11. The molecule has 0 saturated carbocycles. The number of carbonyl (C=O) groups is 5. The minimum Gasteiger partial charge on any atom is -0.464 e. The van der Waals surface area contributed by atoms with E-state index in [1.807, 2.05) is 71.8 Å². The van der Waals surface area contributed by atoms with E-state index in [4.69, 9.17) is 14.5 Å². The van der Waals surface area contributed by atoms with Gasteiger partial charge in [-0.05, 0) is 126 Å². The molecule has 4 atom stereocenters. The van der Waals surface area contributed by atoms with Crippen LogP contribution in [0, 0.1) is 23.2 Å². The monoisotopic (exact) mass is 998 g/mol. The van der Waals surface area contributed by atoms with E-state index < -0.39 is 52.4 Å². The number of carbonyl (C=O) groups excluding carboxylic acids is 5. The molecule has 2 aromatic carbocycles. The highest BCUT2D eigenvalue weighted by molar-refractivity contribution is 5.97. The zero-order chi connectivity index (χ0) is 52.7. The van der Waals surface area contributed by atoms with Gasteiger partial charge in [0.15, 0.2) is 0 Å². The first-order valence-electron chi connectivity index (χ1n) is 25.9. The Morgan fingerprint density at radius 3 is 2.42 bits per heavy atom. The Bertz CT molecular complexity index is 2830. The molecule has 4 aliphatic heterocycles. The molecule has 16 heteroatoms. The summed E-state index contributed by atoms with van der Waals surface area (Å²) >= 11 is 0. The standard InChI is InChI=1S/C57H75N9O7/c1-13-64-46-22-21-40-31-42(46)43(50(64)41-19-15-26-58-48(41)37(4)72-12)32-55(5,6)35-73-53(70)44-20-16-27-66(60-44)52(69)45(30-38-17-14-18-39(40)29-38)59-51(68)49(36(2)3)62(11)54(71)65-28-25-57(65)33-63(34-57)47(67)23-24-56(7,8)61(9)10/h14-15,17-19,21-22,26,29,31,36-37,44-45,49,60H,13,16,20,25,27-28,30,32-35H2,1-12H3,(H,59,68)/t37-,44-,45-,49?/m0/s1. The van der Waals surface area contributed by atoms with Crippen molar-refractivity contribution in [3.05, 3.63) is 77.6 Å². The Morgan fingerprint density at radius 1 is 1.01 bits per heavy atom. The van der Waals surface area contributed by atoms with Crippen molar-refractivity contribution >= 4 is 40.6 Å². The molecular weight excluding hydrogens is 923 g/mol. The van der Waals surface area contributed by atoms with E-state index in [2.05, 4.69) is 84.3 Å². The molecule has 1 unspecified atom stereocenters. The predicted molar refractivity (Wildman–Crippen MR) is 282 cm³/mol. The highest BCUT2D eigenvalue weighted by Crippen LogP contribution is 2.43. The maximum Gasteiger partial charge on any atom is 0.324 e. The summed E-state index contributed by atoms with van der Waals surface area (Å²) in [7, 11) is 7.15. The third-order valence-electron chi connectivity index (χ3n) is 15.7. The first kappa shape index (κ1) is 53.0. The number of amides is 5. The Hall–Kier alpha value is -6.28. The number of nitrogens with zero attached hydrogens (tertiary/aromatic N) is 7. The van der Waals surface area contributed by atoms with E-state index >= 15 is 0 Å². The molecule has 8 rings (SSSR count). The van der Waals surface area contributed by atoms with Crippen LogP contribution in [0.1, 0.15) is 97.6 Å². The van der Waals surface area contributed by atoms with Gasteiger partial charge < -0.3 is 34.1 Å². The Kier molecular flexibility index (Phi) is 15.2. The van der Waals surface area contributed by atoms with E-state index in [-0.39, 0.29) is 37.0 Å². The fourth-order valence-corrected chi connectivity index (χ4v) is 10.9. The summed E-state index contributed by atoms with van der Waals surface area (Å²) in [5, 5.41) is 5.62. The number of cyclic esters (lactones) is 1. The van der Waals surface area contributed by atoms with E-state index in [0.717, 1.165) is 56.5 Å². The number of nitrogens with one attached hydrogen (secondary N) is 2. The van der Waals surface area contributed by atoms with Gasteiger partial charge in [0.1, 0.15) is 18.1 Å². The van der Waals surface area contributed by atoms with Crippen molar-refractivity contribution in [2.75, 3.05) is 61.0 Å². The summed E-state index contributed by atoms with van der Waals surface area (Å²) in [5.41, 5.74) is 9.47. The Labute approximate surface area is 431 Å². The molecule has 2 N–H and O–H groups in total. The van der Waals surface area contributed by atoms with Gasteiger partial charge in [-0.2, -0.15) is 0 Å². The zero-order valence-electron chi connectivity index (χ0n) is 44.9. The number of aryl methyl sites for hydroxylation is 1. The van der Waals surface area contributed by atoms with Crippen LogP contribution in [0.4, 0.5) is 4.79 Å². The predicted octanol–water partition coefficient (Wildman–Crippen LogP) is 6.45. The molecule has 1 spiro atoms. The molecule has 6 bridgehead atoms. The number of hydrogen-bond donors (Lipinski definition) is 2. The zero-order valence-corrected chi connectivity index (χ0v) is 44.9. The van der Waals surface area contributed by atoms with Crippen LogP contribution in [-0.4, -0.2) is 154 Å². The maximum absolute atomic E-state index is 14.9. The van der Waals surface area contributed by atoms with Crippen molar-refractivity contribution in [1.82, 2.24) is 44.9 Å². The second-order valence-electron chi connectivity index (χ2n) is 22.4. The fraction of sp³-hybridized carbons (Fsp3) is 0.544. The number of rotatable bonds is 9. The van der Waals surface area contributed by atoms with E-state index in [1.165, 1.54) is 9.91 Å². The van der Waals surface area contributed by atoms with Gasteiger partial charge in [-0.1, -0.05) is 63.9 Å². The number of hydrogen-bond acceptors (Lipinski definition) is 10. The number of methoxy groups -OCH3 is 1. The van der Waals surface area contributed by atoms with Crippen molar-refractivity contribution in [3.8, 4) is 34.2 Å². The first-order chi connectivity index (χ1) is 34.6. The number of likely N-dealkylation sites (tertiary alicyclic amines) is 2. The van der Waals surface area contributed by atoms with Crippen molar-refractivity contribution < 1.29 is 33.4 Å². The lowest BCUT2D eigenvalue weighted by Crippen LogP contribution is -2.79. The van der Waals surface area contributed by atoms with Crippen LogP contribution >= 0.6 is 0 Å². The van der Waals surface area contributed by atoms with Gasteiger partial charge in [-0.3, -0.25) is 34.1 Å². The lowest BCUT2D eigenvalue weighted by Gasteiger charge is -2.62. The third kappa shape index (κ3) is 10.6. The third-order valence-corrected chi connectivity index (χ3v) is 15.7. The molecule has 3 saturated heterocycles. The van der Waals surface area contributed by atoms with E-state index in [0.29, 0.717) is 52.0 Å². The van der Waals surface area contributed by atoms with Crippen molar-refractivity contribution in [2.45, 2.75) is 129 Å². The summed E-state index contributed by atoms with van der Waals surface area (Å²) < 4.78 is 14.3. The van der Waals surface area contributed by atoms with Gasteiger partial charge in [-0.15, -0.1) is 0 Å². The smallest absolute Gasteiger partial charge is 0.324 e. The molecular formula is C57H75N9O7. The minimum atomic E-state index is -1.06. The second-order valence-corrected chi connectivity index (χ2v) is 22.4. The topological polar surface area (TPSA) is 162 Å². The quantitative estimate of drug-likeness (QED) is 0.141. The highest BCUT2D eigenvalue weighted by Gasteiger charge is 2.57. The van der Waals surface area contributed by atoms with Gasteiger partial charge in [0.05, 0.1) is 35.2 Å². The Morgan fingerprint density at radius 2 is 1.75 bits per heavy atom. The molecule has 4 aliphatic rings. The van der Waals surface area contributed by atoms with Gasteiger partial charge in [0, 0.05) is 81.4 Å². The van der Waals surface area contributed by atoms with Crippen LogP contribution in [-0.2, 0) is 48.0 Å². The highest BCUT2D eigenvalue weighted by atomic mass is 16.5. The first-order valence-corrected chi connectivity index (χ1v) is 25.9. The molecule has 0 radical (unpaired) electrons. The number of esters is 1. The second kappa shape index (κ2) is 20.9. The number of aromatic nitrogens is 2. The van der Waals surface area contributed by atoms with Crippen molar-refractivity contribution in [2.24, 2.45) is 11.3 Å². The number of likely N-dealkylation sites (N-methyl/N-ethyl adjacent to an activating group) is 1. The van der Waals surface area contributed by atoms with Crippen molar-refractivity contribution in [3.63, 3.8) is 0 Å². The minimum absolute atomic E-state index is 0.132. The maximum atomic E-state index is 14.9. The average molecular weight is 998 g/mol. The van der Waals surface area contributed by atoms with Crippen LogP contribution in [0.5, 0.6) is 0 Å². The lowest BCUT2D eigenvalue weighted by molar-refractivity contribution is -0.155. The van der Waals surface area contributed by atoms with Crippen LogP contribution in [0.25, 0.3) is 33.3 Å². The van der Waals surface area contributed by atoms with Crippen molar-refractivity contribution in [1.29, 1.82) is 0 Å². The molecule has 73 heavy (non-hydrogen) atoms. The average Bonchev–Trinajstić information content (AvgIpc) is 3.64. The molecule has 6 heterocycles. The van der Waals surface area contributed by atoms with Gasteiger partial charge in [0.25, 0.3) is 11.8 Å². The van der Waals surface area contributed by atoms with Crippen LogP contribution in [0.3, 0.4) is 0 Å². The van der Waals surface area contributed by atoms with Gasteiger partial charge >= 0.3 is 12.0 Å². The summed E-state index contributed by atoms with van der Waals surface area (Å²) in [5.74, 6) is 3.93. The number of urea groups is 1. The number of hydrazine groups is 1. The summed E-state index contributed by atoms with van der Waals surface area (Å²) in [6.45, 7) is 18.4. The van der Waals surface area contributed by atoms with Crippen LogP contribution < -0.4 is 10.7 Å². The SMILES string of the molecule is CCn1c(-c2cccnc2[C@H](C)OC)c2c3cc(ccc31)-c1cccc(c1)C[C@H](NC(=O)C(C(C)C)N(C)C(=O)N1CCC13CN(C(=O)C#CC(C)(C)N(C)C)C3)C(=O)N1CCC[C@H](N1)C(=O)OCC(C)(C)C2. The van der Waals surface area contributed by atoms with Crippen LogP contribution in [0.2, 0.25) is 0 Å². The number of ether oxygens (including phenoxy) is 2. The number of fused-ring (bicyclic) bond motifs is 6. The van der Waals surface area contributed by atoms with E-state index in [1.54, 1.807) is 30.2 Å². The molecule has 3 fully saturated rings. The molecule has 0 aliphatic carbocycles.